The van der Waals surface area contributed by atoms with Gasteiger partial charge in [-0.3, -0.25) is 9.59 Å². The minimum Gasteiger partial charge on any atom is -0.339 e. The molecule has 0 N–H and O–H groups in total. The van der Waals surface area contributed by atoms with E-state index in [-0.39, 0.29) is 11.8 Å². The van der Waals surface area contributed by atoms with Crippen molar-refractivity contribution < 1.29 is 9.59 Å². The van der Waals surface area contributed by atoms with Crippen LogP contribution in [-0.4, -0.2) is 34.8 Å². The zero-order valence-corrected chi connectivity index (χ0v) is 15.8. The first-order chi connectivity index (χ1) is 12.6. The lowest BCUT2D eigenvalue weighted by Crippen LogP contribution is -2.29. The predicted molar refractivity (Wildman–Crippen MR) is 104 cm³/mol. The fourth-order valence-electron chi connectivity index (χ4n) is 3.04. The Morgan fingerprint density at radius 1 is 1.27 bits per heavy atom. The summed E-state index contributed by atoms with van der Waals surface area (Å²) in [5.74, 6) is -0.127. The smallest absolute Gasteiger partial charge is 0.253 e. The topological polar surface area (TPSA) is 53.5 Å². The second-order valence-corrected chi connectivity index (χ2v) is 7.20. The molecule has 0 atom stereocenters. The maximum atomic E-state index is 12.5. The summed E-state index contributed by atoms with van der Waals surface area (Å²) in [7, 11) is 0. The second kappa shape index (κ2) is 8.27. The number of thiazole rings is 1. The number of benzene rings is 1. The highest BCUT2D eigenvalue weighted by Crippen LogP contribution is 2.21. The molecule has 3 rings (SSSR count). The number of anilines is 1. The van der Waals surface area contributed by atoms with Gasteiger partial charge in [-0.25, -0.2) is 4.98 Å². The van der Waals surface area contributed by atoms with Crippen molar-refractivity contribution in [2.24, 2.45) is 0 Å². The number of hydrogen-bond donors (Lipinski definition) is 0. The highest BCUT2D eigenvalue weighted by Gasteiger charge is 2.20. The van der Waals surface area contributed by atoms with E-state index in [0.717, 1.165) is 48.7 Å². The van der Waals surface area contributed by atoms with Crippen LogP contribution < -0.4 is 4.90 Å². The Labute approximate surface area is 158 Å². The van der Waals surface area contributed by atoms with Gasteiger partial charge in [0.25, 0.3) is 11.8 Å². The molecule has 2 heterocycles. The molecule has 26 heavy (non-hydrogen) atoms. The molecule has 1 fully saturated rings. The molecule has 1 aromatic heterocycles. The normalized spacial score (nSPS) is 13.7. The zero-order valence-electron chi connectivity index (χ0n) is 15.0. The number of rotatable bonds is 6. The largest absolute Gasteiger partial charge is 0.339 e. The Morgan fingerprint density at radius 2 is 1.96 bits per heavy atom. The Balaban J connectivity index is 1.78. The molecule has 1 aliphatic rings. The number of aromatic nitrogens is 1. The standard InChI is InChI=1S/C20H23N3O2S/c1-3-18-21-16(14-26-18)13-23(19(24)4-2)17-9-7-15(8-10-17)20(25)22-11-5-6-12-22/h4,7-10,14H,2-3,5-6,11-13H2,1H3. The van der Waals surface area contributed by atoms with Gasteiger partial charge in [-0.05, 0) is 49.6 Å². The van der Waals surface area contributed by atoms with Crippen molar-refractivity contribution in [3.63, 3.8) is 0 Å². The summed E-state index contributed by atoms with van der Waals surface area (Å²) < 4.78 is 0. The number of carbonyl (C=O) groups is 2. The van der Waals surface area contributed by atoms with Crippen molar-refractivity contribution in [2.75, 3.05) is 18.0 Å². The number of amides is 2. The lowest BCUT2D eigenvalue weighted by atomic mass is 10.1. The summed E-state index contributed by atoms with van der Waals surface area (Å²) >= 11 is 1.60. The first kappa shape index (κ1) is 18.3. The molecule has 2 aromatic rings. The minimum atomic E-state index is -0.185. The molecule has 5 nitrogen and oxygen atoms in total. The molecule has 0 bridgehead atoms. The maximum absolute atomic E-state index is 12.5. The molecule has 0 saturated carbocycles. The summed E-state index contributed by atoms with van der Waals surface area (Å²) in [6.07, 6.45) is 4.32. The van der Waals surface area contributed by atoms with Gasteiger partial charge in [-0.15, -0.1) is 11.3 Å². The average molecular weight is 369 g/mol. The van der Waals surface area contributed by atoms with Crippen molar-refractivity contribution in [2.45, 2.75) is 32.7 Å². The van der Waals surface area contributed by atoms with Crippen LogP contribution in [0.3, 0.4) is 0 Å². The van der Waals surface area contributed by atoms with E-state index in [1.54, 1.807) is 28.4 Å². The lowest BCUT2D eigenvalue weighted by molar-refractivity contribution is -0.114. The monoisotopic (exact) mass is 369 g/mol. The van der Waals surface area contributed by atoms with Crippen molar-refractivity contribution >= 4 is 28.8 Å². The number of aryl methyl sites for hydroxylation is 1. The molecule has 0 radical (unpaired) electrons. The van der Waals surface area contributed by atoms with E-state index in [1.807, 2.05) is 22.4 Å². The van der Waals surface area contributed by atoms with Crippen LogP contribution in [0.15, 0.2) is 42.3 Å². The van der Waals surface area contributed by atoms with E-state index >= 15 is 0 Å². The van der Waals surface area contributed by atoms with Crippen LogP contribution >= 0.6 is 11.3 Å². The molecular formula is C20H23N3O2S. The number of hydrogen-bond acceptors (Lipinski definition) is 4. The van der Waals surface area contributed by atoms with Crippen LogP contribution in [-0.2, 0) is 17.8 Å². The Morgan fingerprint density at radius 3 is 2.54 bits per heavy atom. The molecule has 0 spiro atoms. The molecule has 136 valence electrons. The van der Waals surface area contributed by atoms with Crippen LogP contribution in [0, 0.1) is 0 Å². The van der Waals surface area contributed by atoms with Gasteiger partial charge in [0, 0.05) is 29.7 Å². The van der Waals surface area contributed by atoms with Crippen molar-refractivity contribution in [1.29, 1.82) is 0 Å². The van der Waals surface area contributed by atoms with Crippen LogP contribution in [0.4, 0.5) is 5.69 Å². The van der Waals surface area contributed by atoms with E-state index in [9.17, 15) is 9.59 Å². The Bertz CT molecular complexity index is 792. The molecular weight excluding hydrogens is 346 g/mol. The van der Waals surface area contributed by atoms with Gasteiger partial charge in [0.2, 0.25) is 0 Å². The van der Waals surface area contributed by atoms with E-state index in [2.05, 4.69) is 18.5 Å². The average Bonchev–Trinajstić information content (AvgIpc) is 3.37. The van der Waals surface area contributed by atoms with Crippen molar-refractivity contribution in [3.05, 3.63) is 58.6 Å². The highest BCUT2D eigenvalue weighted by molar-refractivity contribution is 7.09. The molecule has 1 saturated heterocycles. The minimum absolute atomic E-state index is 0.0581. The number of nitrogens with zero attached hydrogens (tertiary/aromatic N) is 3. The molecule has 1 aliphatic heterocycles. The highest BCUT2D eigenvalue weighted by atomic mass is 32.1. The fourth-order valence-corrected chi connectivity index (χ4v) is 3.78. The summed E-state index contributed by atoms with van der Waals surface area (Å²) in [5, 5.41) is 3.03. The zero-order chi connectivity index (χ0) is 18.5. The van der Waals surface area contributed by atoms with E-state index < -0.39 is 0 Å². The van der Waals surface area contributed by atoms with Gasteiger partial charge in [-0.2, -0.15) is 0 Å². The predicted octanol–water partition coefficient (Wildman–Crippen LogP) is 3.66. The molecule has 2 amide bonds. The summed E-state index contributed by atoms with van der Waals surface area (Å²) in [5.41, 5.74) is 2.25. The van der Waals surface area contributed by atoms with E-state index in [0.29, 0.717) is 12.1 Å². The first-order valence-corrected chi connectivity index (χ1v) is 9.77. The molecule has 0 unspecified atom stereocenters. The number of carbonyl (C=O) groups excluding carboxylic acids is 2. The molecule has 0 aliphatic carbocycles. The van der Waals surface area contributed by atoms with Gasteiger partial charge < -0.3 is 9.80 Å². The molecule has 6 heteroatoms. The lowest BCUT2D eigenvalue weighted by Gasteiger charge is -2.21. The van der Waals surface area contributed by atoms with Gasteiger partial charge in [-0.1, -0.05) is 13.5 Å². The first-order valence-electron chi connectivity index (χ1n) is 8.89. The van der Waals surface area contributed by atoms with Crippen LogP contribution in [0.1, 0.15) is 40.8 Å². The van der Waals surface area contributed by atoms with Gasteiger partial charge in [0.05, 0.1) is 17.2 Å². The van der Waals surface area contributed by atoms with Gasteiger partial charge in [0.1, 0.15) is 0 Å². The van der Waals surface area contributed by atoms with Crippen molar-refractivity contribution in [3.8, 4) is 0 Å². The van der Waals surface area contributed by atoms with Crippen molar-refractivity contribution in [1.82, 2.24) is 9.88 Å². The van der Waals surface area contributed by atoms with E-state index in [4.69, 9.17) is 0 Å². The third-order valence-electron chi connectivity index (χ3n) is 4.48. The number of likely N-dealkylation sites (tertiary alicyclic amines) is 1. The van der Waals surface area contributed by atoms with E-state index in [1.165, 1.54) is 6.08 Å². The maximum Gasteiger partial charge on any atom is 0.253 e. The van der Waals surface area contributed by atoms with Crippen LogP contribution in [0.5, 0.6) is 0 Å². The third kappa shape index (κ3) is 4.02. The van der Waals surface area contributed by atoms with Gasteiger partial charge >= 0.3 is 0 Å². The summed E-state index contributed by atoms with van der Waals surface area (Å²) in [4.78, 5) is 32.8. The fraction of sp³-hybridized carbons (Fsp3) is 0.350. The molecule has 1 aromatic carbocycles. The quantitative estimate of drug-likeness (QED) is 0.730. The Hall–Kier alpha value is -2.47. The summed E-state index contributed by atoms with van der Waals surface area (Å²) in [6, 6.07) is 7.21. The van der Waals surface area contributed by atoms with Gasteiger partial charge in [0.15, 0.2) is 0 Å². The SMILES string of the molecule is C=CC(=O)N(Cc1csc(CC)n1)c1ccc(C(=O)N2CCCC2)cc1. The second-order valence-electron chi connectivity index (χ2n) is 6.26. The summed E-state index contributed by atoms with van der Waals surface area (Å²) in [6.45, 7) is 7.70. The van der Waals surface area contributed by atoms with Crippen LogP contribution in [0.2, 0.25) is 0 Å². The Kier molecular flexibility index (Phi) is 5.83. The third-order valence-corrected chi connectivity index (χ3v) is 5.52. The van der Waals surface area contributed by atoms with Crippen LogP contribution in [0.25, 0.3) is 0 Å².